The summed E-state index contributed by atoms with van der Waals surface area (Å²) in [7, 11) is -3.40. The number of hydrogen-bond acceptors (Lipinski definition) is 3. The third-order valence-electron chi connectivity index (χ3n) is 4.92. The van der Waals surface area contributed by atoms with Gasteiger partial charge in [0.15, 0.2) is 0 Å². The minimum absolute atomic E-state index is 0.213. The molecule has 0 amide bonds. The van der Waals surface area contributed by atoms with E-state index in [-0.39, 0.29) is 18.4 Å². The Morgan fingerprint density at radius 3 is 1.95 bits per heavy atom. The average molecular weight is 314 g/mol. The lowest BCUT2D eigenvalue weighted by Crippen LogP contribution is -2.34. The topological polar surface area (TPSA) is 43.4 Å². The molecule has 0 N–H and O–H groups in total. The molecule has 0 unspecified atom stereocenters. The van der Waals surface area contributed by atoms with E-state index < -0.39 is 10.1 Å². The molecule has 0 heterocycles. The highest BCUT2D eigenvalue weighted by molar-refractivity contribution is 7.85. The molecule has 1 atom stereocenters. The first-order valence-corrected chi connectivity index (χ1v) is 9.38. The van der Waals surface area contributed by atoms with Gasteiger partial charge in [-0.1, -0.05) is 48.5 Å². The van der Waals surface area contributed by atoms with Gasteiger partial charge in [0.2, 0.25) is 0 Å². The second kappa shape index (κ2) is 4.93. The number of rotatable bonds is 3. The predicted octanol–water partition coefficient (Wildman–Crippen LogP) is 3.26. The maximum atomic E-state index is 11.3. The first-order valence-electron chi connectivity index (χ1n) is 7.56. The van der Waals surface area contributed by atoms with Crippen LogP contribution in [0.2, 0.25) is 0 Å². The highest BCUT2D eigenvalue weighted by Gasteiger charge is 2.43. The van der Waals surface area contributed by atoms with Gasteiger partial charge in [0.05, 0.1) is 12.9 Å². The Bertz CT molecular complexity index is 778. The lowest BCUT2D eigenvalue weighted by Gasteiger charge is -2.45. The van der Waals surface area contributed by atoms with Crippen molar-refractivity contribution in [1.29, 1.82) is 0 Å². The molecular weight excluding hydrogens is 296 g/mol. The molecule has 2 aromatic carbocycles. The fourth-order valence-corrected chi connectivity index (χ4v) is 4.56. The van der Waals surface area contributed by atoms with Crippen molar-refractivity contribution in [2.45, 2.75) is 18.3 Å². The summed E-state index contributed by atoms with van der Waals surface area (Å²) in [6, 6.07) is 17.1. The van der Waals surface area contributed by atoms with E-state index in [1.807, 2.05) is 0 Å². The molecule has 4 heteroatoms. The minimum Gasteiger partial charge on any atom is -0.270 e. The average Bonchev–Trinajstić information content (AvgIpc) is 2.52. The number of hydrogen-bond donors (Lipinski definition) is 0. The monoisotopic (exact) mass is 314 g/mol. The lowest BCUT2D eigenvalue weighted by atomic mass is 9.59. The summed E-state index contributed by atoms with van der Waals surface area (Å²) in [5.41, 5.74) is 5.45. The van der Waals surface area contributed by atoms with E-state index >= 15 is 0 Å². The van der Waals surface area contributed by atoms with Crippen LogP contribution in [-0.2, 0) is 14.3 Å². The summed E-state index contributed by atoms with van der Waals surface area (Å²) in [4.78, 5) is 0. The van der Waals surface area contributed by atoms with Crippen LogP contribution in [0.1, 0.15) is 40.5 Å². The van der Waals surface area contributed by atoms with Crippen LogP contribution < -0.4 is 0 Å². The van der Waals surface area contributed by atoms with Crippen LogP contribution in [0.3, 0.4) is 0 Å². The van der Waals surface area contributed by atoms with Gasteiger partial charge < -0.3 is 0 Å². The fourth-order valence-electron chi connectivity index (χ4n) is 4.13. The van der Waals surface area contributed by atoms with Gasteiger partial charge in [-0.05, 0) is 34.6 Å². The van der Waals surface area contributed by atoms with Crippen LogP contribution in [0.25, 0.3) is 0 Å². The first-order chi connectivity index (χ1) is 10.5. The Labute approximate surface area is 131 Å². The van der Waals surface area contributed by atoms with Crippen molar-refractivity contribution in [2.75, 3.05) is 12.9 Å². The van der Waals surface area contributed by atoms with E-state index in [1.54, 1.807) is 0 Å². The summed E-state index contributed by atoms with van der Waals surface area (Å²) in [6.45, 7) is 0.267. The largest absolute Gasteiger partial charge is 0.270 e. The zero-order chi connectivity index (χ0) is 15.3. The smallest absolute Gasteiger partial charge is 0.264 e. The summed E-state index contributed by atoms with van der Waals surface area (Å²) in [5.74, 6) is 0.800. The van der Waals surface area contributed by atoms with E-state index in [0.29, 0.717) is 5.92 Å². The van der Waals surface area contributed by atoms with E-state index in [4.69, 9.17) is 4.18 Å². The normalized spacial score (nSPS) is 25.6. The van der Waals surface area contributed by atoms with E-state index in [9.17, 15) is 8.42 Å². The van der Waals surface area contributed by atoms with E-state index in [0.717, 1.165) is 12.7 Å². The van der Waals surface area contributed by atoms with Gasteiger partial charge in [0.25, 0.3) is 10.1 Å². The third-order valence-corrected chi connectivity index (χ3v) is 5.48. The van der Waals surface area contributed by atoms with E-state index in [1.165, 1.54) is 22.3 Å². The summed E-state index contributed by atoms with van der Waals surface area (Å²) >= 11 is 0. The molecule has 0 aromatic heterocycles. The Balaban J connectivity index is 1.79. The second-order valence-electron chi connectivity index (χ2n) is 6.27. The fraction of sp³-hybridized carbons (Fsp3) is 0.333. The van der Waals surface area contributed by atoms with Crippen LogP contribution >= 0.6 is 0 Å². The lowest BCUT2D eigenvalue weighted by molar-refractivity contribution is 0.211. The molecule has 0 saturated heterocycles. The van der Waals surface area contributed by atoms with Crippen molar-refractivity contribution in [3.05, 3.63) is 70.8 Å². The highest BCUT2D eigenvalue weighted by Crippen LogP contribution is 2.55. The molecule has 3 nitrogen and oxygen atoms in total. The SMILES string of the molecule is CS(=O)(=O)OC[C@H]1CC2c3ccccc3C1c1ccccc12. The molecule has 2 aromatic rings. The predicted molar refractivity (Wildman–Crippen MR) is 85.5 cm³/mol. The summed E-state index contributed by atoms with van der Waals surface area (Å²) < 4.78 is 27.8. The maximum Gasteiger partial charge on any atom is 0.264 e. The molecule has 0 radical (unpaired) electrons. The van der Waals surface area contributed by atoms with Crippen molar-refractivity contribution in [3.8, 4) is 0 Å². The van der Waals surface area contributed by atoms with Gasteiger partial charge in [-0.3, -0.25) is 4.18 Å². The van der Waals surface area contributed by atoms with Crippen LogP contribution in [-0.4, -0.2) is 21.3 Å². The van der Waals surface area contributed by atoms with Gasteiger partial charge in [-0.25, -0.2) is 0 Å². The highest BCUT2D eigenvalue weighted by atomic mass is 32.2. The molecular formula is C18H18O3S. The van der Waals surface area contributed by atoms with Crippen molar-refractivity contribution < 1.29 is 12.6 Å². The molecule has 3 aliphatic carbocycles. The molecule has 114 valence electrons. The molecule has 0 saturated carbocycles. The minimum atomic E-state index is -3.40. The van der Waals surface area contributed by atoms with Gasteiger partial charge in [0, 0.05) is 11.8 Å². The quantitative estimate of drug-likeness (QED) is 0.817. The van der Waals surface area contributed by atoms with Crippen molar-refractivity contribution >= 4 is 10.1 Å². The molecule has 3 aliphatic rings. The Hall–Kier alpha value is -1.65. The first kappa shape index (κ1) is 14.0. The molecule has 0 aliphatic heterocycles. The van der Waals surface area contributed by atoms with Gasteiger partial charge in [-0.15, -0.1) is 0 Å². The molecule has 0 fully saturated rings. The number of fused-ring (bicyclic) bond motifs is 1. The van der Waals surface area contributed by atoms with Gasteiger partial charge in [-0.2, -0.15) is 8.42 Å². The van der Waals surface area contributed by atoms with Crippen LogP contribution in [0.5, 0.6) is 0 Å². The zero-order valence-corrected chi connectivity index (χ0v) is 13.2. The van der Waals surface area contributed by atoms with Crippen LogP contribution in [0.15, 0.2) is 48.5 Å². The van der Waals surface area contributed by atoms with Crippen molar-refractivity contribution in [2.24, 2.45) is 5.92 Å². The van der Waals surface area contributed by atoms with E-state index in [2.05, 4.69) is 48.5 Å². The van der Waals surface area contributed by atoms with Crippen LogP contribution in [0.4, 0.5) is 0 Å². The Morgan fingerprint density at radius 1 is 0.955 bits per heavy atom. The standard InChI is InChI=1S/C18H18O3S/c1-22(19,20)21-11-12-10-17-13-6-2-4-8-15(13)18(12)16-9-5-3-7-14(16)17/h2-9,12,17-18H,10-11H2,1H3/t12-,17?,18?/m1/s1. The maximum absolute atomic E-state index is 11.3. The molecule has 2 bridgehead atoms. The Morgan fingerprint density at radius 2 is 1.45 bits per heavy atom. The Kier molecular flexibility index (Phi) is 3.13. The van der Waals surface area contributed by atoms with Crippen molar-refractivity contribution in [1.82, 2.24) is 0 Å². The third kappa shape index (κ3) is 2.18. The molecule has 0 spiro atoms. The van der Waals surface area contributed by atoms with Crippen LogP contribution in [0, 0.1) is 5.92 Å². The van der Waals surface area contributed by atoms with Crippen molar-refractivity contribution in [3.63, 3.8) is 0 Å². The summed E-state index contributed by atoms with van der Waals surface area (Å²) in [5, 5.41) is 0. The van der Waals surface area contributed by atoms with Gasteiger partial charge >= 0.3 is 0 Å². The molecule has 5 rings (SSSR count). The molecule has 22 heavy (non-hydrogen) atoms. The second-order valence-corrected chi connectivity index (χ2v) is 7.92. The van der Waals surface area contributed by atoms with Gasteiger partial charge in [0.1, 0.15) is 0 Å². The number of benzene rings is 2. The summed E-state index contributed by atoms with van der Waals surface area (Å²) in [6.07, 6.45) is 2.07. The zero-order valence-electron chi connectivity index (χ0n) is 12.4.